The summed E-state index contributed by atoms with van der Waals surface area (Å²) >= 11 is 0. The second kappa shape index (κ2) is 10.6. The largest absolute Gasteiger partial charge is 0.493 e. The quantitative estimate of drug-likeness (QED) is 0.304. The molecule has 1 spiro atoms. The van der Waals surface area contributed by atoms with Crippen LogP contribution in [0.5, 0.6) is 23.0 Å². The molecule has 190 valence electrons. The van der Waals surface area contributed by atoms with E-state index in [-0.39, 0.29) is 11.6 Å². The van der Waals surface area contributed by atoms with Crippen LogP contribution in [0, 0.1) is 10.8 Å². The molecule has 2 fully saturated rings. The summed E-state index contributed by atoms with van der Waals surface area (Å²) in [5.41, 5.74) is 0.927. The number of hydrogen-bond acceptors (Lipinski definition) is 6. The van der Waals surface area contributed by atoms with Gasteiger partial charge in [0.15, 0.2) is 34.6 Å². The first-order valence-electron chi connectivity index (χ1n) is 12.3. The molecule has 2 saturated carbocycles. The van der Waals surface area contributed by atoms with Crippen LogP contribution in [0.4, 0.5) is 0 Å². The molecule has 2 aliphatic rings. The molecule has 6 heteroatoms. The van der Waals surface area contributed by atoms with Gasteiger partial charge >= 0.3 is 0 Å². The lowest BCUT2D eigenvalue weighted by Gasteiger charge is -2.36. The average molecular weight is 491 g/mol. The highest BCUT2D eigenvalue weighted by molar-refractivity contribution is 6.17. The lowest BCUT2D eigenvalue weighted by Crippen LogP contribution is -2.41. The number of carbonyl (C=O) groups is 2. The van der Waals surface area contributed by atoms with Gasteiger partial charge in [0.25, 0.3) is 0 Å². The summed E-state index contributed by atoms with van der Waals surface area (Å²) in [4.78, 5) is 27.2. The number of rotatable bonds is 10. The maximum Gasteiger partial charge on any atom is 0.169 e. The van der Waals surface area contributed by atoms with Gasteiger partial charge in [-0.05, 0) is 91.5 Å². The van der Waals surface area contributed by atoms with E-state index in [0.717, 1.165) is 24.0 Å². The lowest BCUT2D eigenvalue weighted by atomic mass is 9.64. The first kappa shape index (κ1) is 25.5. The van der Waals surface area contributed by atoms with E-state index in [0.29, 0.717) is 41.3 Å². The monoisotopic (exact) mass is 490 g/mol. The maximum absolute atomic E-state index is 13.6. The molecule has 0 N–H and O–H groups in total. The number of allylic oxidation sites excluding steroid dienone is 2. The Kier molecular flexibility index (Phi) is 7.53. The second-order valence-electron chi connectivity index (χ2n) is 9.71. The van der Waals surface area contributed by atoms with Crippen molar-refractivity contribution in [2.45, 2.75) is 38.5 Å². The fourth-order valence-electron chi connectivity index (χ4n) is 5.07. The highest BCUT2D eigenvalue weighted by atomic mass is 16.5. The molecule has 0 aromatic heterocycles. The molecule has 2 aromatic rings. The Morgan fingerprint density at radius 1 is 0.611 bits per heavy atom. The van der Waals surface area contributed by atoms with Gasteiger partial charge in [-0.2, -0.15) is 0 Å². The third kappa shape index (κ3) is 5.18. The summed E-state index contributed by atoms with van der Waals surface area (Å²) in [6.45, 7) is 0. The predicted molar refractivity (Wildman–Crippen MR) is 140 cm³/mol. The molecule has 0 aliphatic heterocycles. The van der Waals surface area contributed by atoms with E-state index in [1.807, 2.05) is 24.3 Å². The molecule has 0 radical (unpaired) electrons. The molecule has 0 heterocycles. The van der Waals surface area contributed by atoms with E-state index in [1.54, 1.807) is 64.9 Å². The molecular formula is C30H34O6. The highest BCUT2D eigenvalue weighted by Crippen LogP contribution is 2.60. The van der Waals surface area contributed by atoms with E-state index in [4.69, 9.17) is 18.9 Å². The van der Waals surface area contributed by atoms with Crippen molar-refractivity contribution in [3.8, 4) is 23.0 Å². The smallest absolute Gasteiger partial charge is 0.169 e. The number of ketones is 2. The SMILES string of the molecule is COc1ccc(/C=C/C(=O)C2(C(=O)/C=C/c3ccc(OC)c(OC)c3)CCC3(CC3)CC2)cc1OC. The van der Waals surface area contributed by atoms with Crippen LogP contribution < -0.4 is 18.9 Å². The zero-order valence-electron chi connectivity index (χ0n) is 21.5. The third-order valence-corrected chi connectivity index (χ3v) is 7.73. The zero-order valence-corrected chi connectivity index (χ0v) is 21.5. The minimum atomic E-state index is -1.03. The topological polar surface area (TPSA) is 71.1 Å². The van der Waals surface area contributed by atoms with Crippen molar-refractivity contribution in [3.05, 3.63) is 59.7 Å². The minimum Gasteiger partial charge on any atom is -0.493 e. The molecule has 2 aromatic carbocycles. The molecule has 36 heavy (non-hydrogen) atoms. The van der Waals surface area contributed by atoms with E-state index in [2.05, 4.69) is 0 Å². The number of hydrogen-bond donors (Lipinski definition) is 0. The fraction of sp³-hybridized carbons (Fsp3) is 0.400. The summed E-state index contributed by atoms with van der Waals surface area (Å²) in [6, 6.07) is 10.9. The maximum atomic E-state index is 13.6. The van der Waals surface area contributed by atoms with Crippen LogP contribution in [0.25, 0.3) is 12.2 Å². The van der Waals surface area contributed by atoms with Gasteiger partial charge in [-0.15, -0.1) is 0 Å². The lowest BCUT2D eigenvalue weighted by molar-refractivity contribution is -0.138. The molecule has 6 nitrogen and oxygen atoms in total. The molecular weight excluding hydrogens is 456 g/mol. The molecule has 0 atom stereocenters. The van der Waals surface area contributed by atoms with Gasteiger partial charge in [-0.1, -0.05) is 24.3 Å². The summed E-state index contributed by atoms with van der Waals surface area (Å²) in [7, 11) is 6.31. The molecule has 2 aliphatic carbocycles. The Labute approximate surface area is 212 Å². The van der Waals surface area contributed by atoms with Gasteiger partial charge in [0.2, 0.25) is 0 Å². The van der Waals surface area contributed by atoms with Gasteiger partial charge < -0.3 is 18.9 Å². The van der Waals surface area contributed by atoms with Crippen LogP contribution in [0.2, 0.25) is 0 Å². The fourth-order valence-corrected chi connectivity index (χ4v) is 5.07. The Bertz CT molecular complexity index is 1100. The Morgan fingerprint density at radius 2 is 1.00 bits per heavy atom. The first-order chi connectivity index (χ1) is 17.4. The van der Waals surface area contributed by atoms with Gasteiger partial charge in [0.1, 0.15) is 0 Å². The van der Waals surface area contributed by atoms with Gasteiger partial charge in [0.05, 0.1) is 33.9 Å². The number of ether oxygens (including phenoxy) is 4. The van der Waals surface area contributed by atoms with Crippen LogP contribution in [0.3, 0.4) is 0 Å². The van der Waals surface area contributed by atoms with E-state index in [1.165, 1.54) is 12.8 Å². The van der Waals surface area contributed by atoms with Crippen molar-refractivity contribution in [2.75, 3.05) is 28.4 Å². The second-order valence-corrected chi connectivity index (χ2v) is 9.71. The Balaban J connectivity index is 1.58. The first-order valence-corrected chi connectivity index (χ1v) is 12.3. The zero-order chi connectivity index (χ0) is 25.8. The summed E-state index contributed by atoms with van der Waals surface area (Å²) in [5, 5.41) is 0. The summed E-state index contributed by atoms with van der Waals surface area (Å²) in [6.07, 6.45) is 12.0. The van der Waals surface area contributed by atoms with E-state index in [9.17, 15) is 9.59 Å². The van der Waals surface area contributed by atoms with Crippen LogP contribution in [0.15, 0.2) is 48.6 Å². The van der Waals surface area contributed by atoms with Crippen molar-refractivity contribution >= 4 is 23.7 Å². The van der Waals surface area contributed by atoms with Gasteiger partial charge in [-0.25, -0.2) is 0 Å². The Morgan fingerprint density at radius 3 is 1.36 bits per heavy atom. The predicted octanol–water partition coefficient (Wildman–Crippen LogP) is 5.93. The van der Waals surface area contributed by atoms with Crippen molar-refractivity contribution in [1.82, 2.24) is 0 Å². The summed E-state index contributed by atoms with van der Waals surface area (Å²) < 4.78 is 21.3. The highest BCUT2D eigenvalue weighted by Gasteiger charge is 2.53. The Hall–Kier alpha value is -3.54. The van der Waals surface area contributed by atoms with Gasteiger partial charge in [0, 0.05) is 0 Å². The molecule has 0 unspecified atom stereocenters. The molecule has 4 rings (SSSR count). The normalized spacial score (nSPS) is 17.8. The van der Waals surface area contributed by atoms with E-state index >= 15 is 0 Å². The molecule has 0 amide bonds. The molecule has 0 saturated heterocycles. The minimum absolute atomic E-state index is 0.144. The van der Waals surface area contributed by atoms with Crippen LogP contribution >= 0.6 is 0 Å². The van der Waals surface area contributed by atoms with Crippen LogP contribution in [0.1, 0.15) is 49.7 Å². The van der Waals surface area contributed by atoms with Crippen LogP contribution in [-0.4, -0.2) is 40.0 Å². The van der Waals surface area contributed by atoms with Crippen molar-refractivity contribution in [2.24, 2.45) is 10.8 Å². The third-order valence-electron chi connectivity index (χ3n) is 7.73. The number of carbonyl (C=O) groups excluding carboxylic acids is 2. The van der Waals surface area contributed by atoms with Gasteiger partial charge in [-0.3, -0.25) is 9.59 Å². The van der Waals surface area contributed by atoms with Crippen LogP contribution in [-0.2, 0) is 9.59 Å². The van der Waals surface area contributed by atoms with Crippen molar-refractivity contribution in [3.63, 3.8) is 0 Å². The van der Waals surface area contributed by atoms with Crippen molar-refractivity contribution < 1.29 is 28.5 Å². The standard InChI is InChI=1S/C30H34O6/c1-33-23-9-5-21(19-25(23)35-3)7-11-27(31)30(17-15-29(13-14-29)16-18-30)28(32)12-8-22-6-10-24(34-2)26(20-22)36-4/h5-12,19-20H,13-18H2,1-4H3/b11-7+,12-8+. The number of benzene rings is 2. The summed E-state index contributed by atoms with van der Waals surface area (Å²) in [5.74, 6) is 2.13. The number of methoxy groups -OCH3 is 4. The van der Waals surface area contributed by atoms with Crippen molar-refractivity contribution in [1.29, 1.82) is 0 Å². The average Bonchev–Trinajstić information content (AvgIpc) is 3.69. The molecule has 0 bridgehead atoms. The van der Waals surface area contributed by atoms with E-state index < -0.39 is 5.41 Å².